The fraction of sp³-hybridized carbons (Fsp3) is 0.524. The Bertz CT molecular complexity index is 878. The molecule has 0 spiro atoms. The predicted molar refractivity (Wildman–Crippen MR) is 106 cm³/mol. The van der Waals surface area contributed by atoms with Gasteiger partial charge in [-0.2, -0.15) is 5.10 Å². The fourth-order valence-electron chi connectivity index (χ4n) is 4.85. The number of aromatic nitrogens is 2. The van der Waals surface area contributed by atoms with Gasteiger partial charge >= 0.3 is 0 Å². The van der Waals surface area contributed by atoms with E-state index in [1.54, 1.807) is 19.1 Å². The van der Waals surface area contributed by atoms with E-state index in [4.69, 9.17) is 5.10 Å². The van der Waals surface area contributed by atoms with Crippen LogP contribution in [0, 0.1) is 25.6 Å². The number of carbonyl (C=O) groups excluding carboxylic acids is 1. The molecule has 2 aliphatic rings. The Morgan fingerprint density at radius 1 is 1.36 bits per heavy atom. The number of amides is 1. The molecule has 0 radical (unpaired) electrons. The van der Waals surface area contributed by atoms with Gasteiger partial charge in [-0.3, -0.25) is 9.69 Å². The number of halogens is 1. The summed E-state index contributed by atoms with van der Waals surface area (Å²) in [7, 11) is 0. The summed E-state index contributed by atoms with van der Waals surface area (Å²) in [5.41, 5.74) is 4.00. The van der Waals surface area contributed by atoms with Gasteiger partial charge in [0.15, 0.2) is 0 Å². The van der Waals surface area contributed by atoms with Crippen molar-refractivity contribution in [1.29, 1.82) is 0 Å². The highest BCUT2D eigenvalue weighted by molar-refractivity contribution is 5.74. The van der Waals surface area contributed by atoms with Gasteiger partial charge in [-0.25, -0.2) is 9.07 Å². The summed E-state index contributed by atoms with van der Waals surface area (Å²) in [6.45, 7) is 10.2. The number of carbonyl (C=O) groups is 1. The van der Waals surface area contributed by atoms with Gasteiger partial charge in [-0.1, -0.05) is 0 Å². The second-order valence-corrected chi connectivity index (χ2v) is 8.20. The molecule has 2 N–H and O–H groups in total. The topological polar surface area (TPSA) is 62.2 Å². The van der Waals surface area contributed by atoms with Crippen LogP contribution >= 0.6 is 0 Å². The highest BCUT2D eigenvalue weighted by Crippen LogP contribution is 2.34. The summed E-state index contributed by atoms with van der Waals surface area (Å²) in [4.78, 5) is 14.2. The minimum absolute atomic E-state index is 0.0465. The van der Waals surface area contributed by atoms with Crippen molar-refractivity contribution in [3.63, 3.8) is 0 Å². The Kier molecular flexibility index (Phi) is 4.97. The van der Waals surface area contributed by atoms with E-state index >= 15 is 0 Å². The molecule has 0 aliphatic carbocycles. The van der Waals surface area contributed by atoms with Crippen molar-refractivity contribution in [2.75, 3.05) is 26.2 Å². The molecular weight excluding hydrogens is 357 g/mol. The maximum absolute atomic E-state index is 13.3. The zero-order valence-electron chi connectivity index (χ0n) is 16.8. The van der Waals surface area contributed by atoms with Gasteiger partial charge in [0.05, 0.1) is 16.9 Å². The Balaban J connectivity index is 1.56. The van der Waals surface area contributed by atoms with Crippen molar-refractivity contribution >= 4 is 5.91 Å². The zero-order chi connectivity index (χ0) is 19.9. The average Bonchev–Trinajstić information content (AvgIpc) is 3.14. The lowest BCUT2D eigenvalue weighted by Crippen LogP contribution is -2.60. The number of fused-ring (bicyclic) bond motifs is 1. The van der Waals surface area contributed by atoms with Gasteiger partial charge in [0.1, 0.15) is 5.82 Å². The lowest BCUT2D eigenvalue weighted by molar-refractivity contribution is -0.121. The number of rotatable bonds is 4. The molecular formula is C21H28FN5O. The lowest BCUT2D eigenvalue weighted by atomic mass is 9.81. The molecule has 0 unspecified atom stereocenters. The van der Waals surface area contributed by atoms with Crippen LogP contribution in [0.4, 0.5) is 4.39 Å². The molecule has 2 aromatic rings. The van der Waals surface area contributed by atoms with Crippen LogP contribution in [-0.4, -0.2) is 52.3 Å². The van der Waals surface area contributed by atoms with Gasteiger partial charge in [-0.15, -0.1) is 0 Å². The van der Waals surface area contributed by atoms with Crippen LogP contribution in [0.1, 0.15) is 30.3 Å². The summed E-state index contributed by atoms with van der Waals surface area (Å²) in [6.07, 6.45) is 0.959. The number of hydrogen-bond donors (Lipinski definition) is 2. The third kappa shape index (κ3) is 3.44. The van der Waals surface area contributed by atoms with E-state index in [0.717, 1.165) is 56.2 Å². The Labute approximate surface area is 165 Å². The fourth-order valence-corrected chi connectivity index (χ4v) is 4.85. The lowest BCUT2D eigenvalue weighted by Gasteiger charge is -2.39. The van der Waals surface area contributed by atoms with E-state index in [-0.39, 0.29) is 17.3 Å². The Morgan fingerprint density at radius 3 is 2.82 bits per heavy atom. The van der Waals surface area contributed by atoms with Gasteiger partial charge in [0, 0.05) is 50.3 Å². The molecule has 28 heavy (non-hydrogen) atoms. The maximum atomic E-state index is 13.3. The second-order valence-electron chi connectivity index (χ2n) is 8.20. The van der Waals surface area contributed by atoms with Crippen LogP contribution < -0.4 is 10.6 Å². The first-order valence-electron chi connectivity index (χ1n) is 9.91. The van der Waals surface area contributed by atoms with E-state index in [9.17, 15) is 9.18 Å². The summed E-state index contributed by atoms with van der Waals surface area (Å²) in [5, 5.41) is 11.4. The number of likely N-dealkylation sites (tertiary alicyclic amines) is 1. The number of nitrogens with zero attached hydrogens (tertiary/aromatic N) is 3. The van der Waals surface area contributed by atoms with Crippen LogP contribution in [0.25, 0.3) is 5.69 Å². The molecule has 2 aliphatic heterocycles. The van der Waals surface area contributed by atoms with Crippen LogP contribution in [0.3, 0.4) is 0 Å². The molecule has 6 nitrogen and oxygen atoms in total. The number of hydrogen-bond acceptors (Lipinski definition) is 4. The van der Waals surface area contributed by atoms with E-state index < -0.39 is 0 Å². The van der Waals surface area contributed by atoms with Crippen molar-refractivity contribution in [2.24, 2.45) is 5.92 Å². The normalized spacial score (nSPS) is 24.9. The second kappa shape index (κ2) is 7.29. The third-order valence-corrected chi connectivity index (χ3v) is 6.22. The van der Waals surface area contributed by atoms with Crippen LogP contribution in [0.15, 0.2) is 24.3 Å². The van der Waals surface area contributed by atoms with Gasteiger partial charge in [-0.05, 0) is 51.1 Å². The molecule has 7 heteroatoms. The van der Waals surface area contributed by atoms with E-state index in [2.05, 4.69) is 22.5 Å². The molecule has 2 saturated heterocycles. The van der Waals surface area contributed by atoms with Crippen LogP contribution in [0.5, 0.6) is 0 Å². The van der Waals surface area contributed by atoms with E-state index in [0.29, 0.717) is 5.92 Å². The van der Waals surface area contributed by atoms with Crippen molar-refractivity contribution in [1.82, 2.24) is 25.3 Å². The summed E-state index contributed by atoms with van der Waals surface area (Å²) in [5.74, 6) is 0.213. The van der Waals surface area contributed by atoms with Crippen molar-refractivity contribution in [3.8, 4) is 5.69 Å². The molecule has 2 atom stereocenters. The average molecular weight is 385 g/mol. The highest BCUT2D eigenvalue weighted by Gasteiger charge is 2.48. The monoisotopic (exact) mass is 385 g/mol. The maximum Gasteiger partial charge on any atom is 0.217 e. The SMILES string of the molecule is CC(=O)N[C@@]12CCNC[C@@H]1CN(Cc1c(C)nn(-c3ccc(F)cc3)c1C)C2. The number of benzene rings is 1. The van der Waals surface area contributed by atoms with Gasteiger partial charge in [0.2, 0.25) is 5.91 Å². The van der Waals surface area contributed by atoms with Crippen LogP contribution in [0.2, 0.25) is 0 Å². The van der Waals surface area contributed by atoms with Crippen molar-refractivity contribution in [2.45, 2.75) is 39.3 Å². The van der Waals surface area contributed by atoms with Gasteiger partial charge < -0.3 is 10.6 Å². The Morgan fingerprint density at radius 2 is 2.11 bits per heavy atom. The number of nitrogens with one attached hydrogen (secondary N) is 2. The standard InChI is InChI=1S/C21H28FN5O/c1-14-20(15(2)27(25-14)19-6-4-18(22)5-7-19)12-26-11-17-10-23-9-8-21(17,13-26)24-16(3)28/h4-7,17,23H,8-13H2,1-3H3,(H,24,28)/t17-,21-/m1/s1. The molecule has 150 valence electrons. The minimum atomic E-state index is -0.248. The molecule has 1 amide bonds. The first kappa shape index (κ1) is 19.1. The summed E-state index contributed by atoms with van der Waals surface area (Å²) in [6, 6.07) is 6.42. The molecule has 1 aromatic heterocycles. The Hall–Kier alpha value is -2.25. The quantitative estimate of drug-likeness (QED) is 0.844. The first-order chi connectivity index (χ1) is 13.4. The predicted octanol–water partition coefficient (Wildman–Crippen LogP) is 1.93. The third-order valence-electron chi connectivity index (χ3n) is 6.22. The first-order valence-corrected chi connectivity index (χ1v) is 9.91. The number of aryl methyl sites for hydroxylation is 1. The van der Waals surface area contributed by atoms with Gasteiger partial charge in [0.25, 0.3) is 0 Å². The molecule has 0 bridgehead atoms. The molecule has 2 fully saturated rings. The van der Waals surface area contributed by atoms with Crippen LogP contribution in [-0.2, 0) is 11.3 Å². The highest BCUT2D eigenvalue weighted by atomic mass is 19.1. The molecule has 0 saturated carbocycles. The summed E-state index contributed by atoms with van der Waals surface area (Å²) >= 11 is 0. The van der Waals surface area contributed by atoms with E-state index in [1.165, 1.54) is 17.7 Å². The number of piperidine rings is 1. The zero-order valence-corrected chi connectivity index (χ0v) is 16.8. The van der Waals surface area contributed by atoms with Crippen molar-refractivity contribution < 1.29 is 9.18 Å². The molecule has 4 rings (SSSR count). The molecule has 1 aromatic carbocycles. The van der Waals surface area contributed by atoms with Crippen molar-refractivity contribution in [3.05, 3.63) is 47.0 Å². The summed E-state index contributed by atoms with van der Waals surface area (Å²) < 4.78 is 15.1. The smallest absolute Gasteiger partial charge is 0.217 e. The minimum Gasteiger partial charge on any atom is -0.349 e. The van der Waals surface area contributed by atoms with E-state index in [1.807, 2.05) is 11.6 Å². The molecule has 3 heterocycles. The largest absolute Gasteiger partial charge is 0.349 e.